The van der Waals surface area contributed by atoms with Crippen LogP contribution in [-0.4, -0.2) is 12.0 Å². The fourth-order valence-corrected chi connectivity index (χ4v) is 1.20. The van der Waals surface area contributed by atoms with Crippen molar-refractivity contribution in [2.45, 2.75) is 6.42 Å². The van der Waals surface area contributed by atoms with E-state index in [1.54, 1.807) is 6.07 Å². The van der Waals surface area contributed by atoms with E-state index in [1.165, 1.54) is 12.1 Å². The molecule has 0 aliphatic carbocycles. The molecule has 0 heterocycles. The summed E-state index contributed by atoms with van der Waals surface area (Å²) in [6.45, 7) is 0. The Balaban J connectivity index is 2.84. The summed E-state index contributed by atoms with van der Waals surface area (Å²) in [5.74, 6) is 0.296. The number of allylic oxidation sites excluding steroid dienone is 1. The summed E-state index contributed by atoms with van der Waals surface area (Å²) in [6, 6.07) is 4.46. The Morgan fingerprint density at radius 1 is 1.43 bits per heavy atom. The van der Waals surface area contributed by atoms with Gasteiger partial charge in [-0.25, -0.2) is 4.39 Å². The fraction of sp³-hybridized carbons (Fsp3) is 0.182. The minimum atomic E-state index is -0.480. The van der Waals surface area contributed by atoms with Crippen molar-refractivity contribution in [3.63, 3.8) is 0 Å². The number of aldehydes is 1. The average molecular weight is 210 g/mol. The van der Waals surface area contributed by atoms with Crippen molar-refractivity contribution >= 4 is 25.0 Å². The molecule has 0 saturated carbocycles. The molecule has 74 valence electrons. The second kappa shape index (κ2) is 5.60. The van der Waals surface area contributed by atoms with E-state index < -0.39 is 5.82 Å². The van der Waals surface area contributed by atoms with Crippen molar-refractivity contribution in [3.05, 3.63) is 41.2 Å². The first-order valence-corrected chi connectivity index (χ1v) is 4.93. The number of hydrogen-bond donors (Lipinski definition) is 1. The first-order chi connectivity index (χ1) is 6.77. The Morgan fingerprint density at radius 3 is 2.86 bits per heavy atom. The molecule has 0 N–H and O–H groups in total. The van der Waals surface area contributed by atoms with Gasteiger partial charge in [-0.1, -0.05) is 18.2 Å². The van der Waals surface area contributed by atoms with Crippen LogP contribution >= 0.6 is 12.6 Å². The SMILES string of the molecule is O=Cc1cc(C=CCCS)ccc1F. The molecule has 0 saturated heterocycles. The predicted octanol–water partition coefficient (Wildman–Crippen LogP) is 2.97. The fourth-order valence-electron chi connectivity index (χ4n) is 1.05. The molecule has 1 aromatic rings. The van der Waals surface area contributed by atoms with Crippen molar-refractivity contribution in [2.75, 3.05) is 5.75 Å². The minimum Gasteiger partial charge on any atom is -0.298 e. The molecule has 0 radical (unpaired) electrons. The zero-order valence-electron chi connectivity index (χ0n) is 7.61. The molecule has 0 fully saturated rings. The first kappa shape index (κ1) is 11.0. The lowest BCUT2D eigenvalue weighted by atomic mass is 10.1. The number of hydrogen-bond acceptors (Lipinski definition) is 2. The predicted molar refractivity (Wildman–Crippen MR) is 59.3 cm³/mol. The normalized spacial score (nSPS) is 10.7. The molecule has 0 aliphatic heterocycles. The standard InChI is InChI=1S/C11H11FOS/c12-11-5-4-9(3-1-2-6-14)7-10(11)8-13/h1,3-5,7-8,14H,2,6H2. The number of rotatable bonds is 4. The largest absolute Gasteiger partial charge is 0.298 e. The van der Waals surface area contributed by atoms with E-state index in [9.17, 15) is 9.18 Å². The summed E-state index contributed by atoms with van der Waals surface area (Å²) in [5.41, 5.74) is 0.924. The molecule has 3 heteroatoms. The van der Waals surface area contributed by atoms with Crippen LogP contribution in [0.4, 0.5) is 4.39 Å². The zero-order chi connectivity index (χ0) is 10.4. The number of carbonyl (C=O) groups excluding carboxylic acids is 1. The maximum atomic E-state index is 12.9. The highest BCUT2D eigenvalue weighted by Gasteiger charge is 1.99. The zero-order valence-corrected chi connectivity index (χ0v) is 8.51. The van der Waals surface area contributed by atoms with Crippen LogP contribution in [0.2, 0.25) is 0 Å². The Kier molecular flexibility index (Phi) is 4.40. The maximum Gasteiger partial charge on any atom is 0.153 e. The lowest BCUT2D eigenvalue weighted by Gasteiger charge is -1.96. The number of thiol groups is 1. The quantitative estimate of drug-likeness (QED) is 0.597. The van der Waals surface area contributed by atoms with Crippen molar-refractivity contribution < 1.29 is 9.18 Å². The van der Waals surface area contributed by atoms with Crippen molar-refractivity contribution in [1.29, 1.82) is 0 Å². The second-order valence-electron chi connectivity index (χ2n) is 2.81. The van der Waals surface area contributed by atoms with Crippen LogP contribution in [0.5, 0.6) is 0 Å². The van der Waals surface area contributed by atoms with Crippen LogP contribution in [0.3, 0.4) is 0 Å². The molecule has 0 aromatic heterocycles. The molecule has 1 rings (SSSR count). The van der Waals surface area contributed by atoms with E-state index in [1.807, 2.05) is 12.2 Å². The third-order valence-electron chi connectivity index (χ3n) is 1.75. The van der Waals surface area contributed by atoms with Gasteiger partial charge in [0.15, 0.2) is 6.29 Å². The topological polar surface area (TPSA) is 17.1 Å². The highest BCUT2D eigenvalue weighted by molar-refractivity contribution is 7.80. The van der Waals surface area contributed by atoms with Gasteiger partial charge in [0.05, 0.1) is 5.56 Å². The molecule has 14 heavy (non-hydrogen) atoms. The van der Waals surface area contributed by atoms with Crippen LogP contribution < -0.4 is 0 Å². The Morgan fingerprint density at radius 2 is 2.21 bits per heavy atom. The third-order valence-corrected chi connectivity index (χ3v) is 2.01. The van der Waals surface area contributed by atoms with Gasteiger partial charge in [-0.15, -0.1) is 0 Å². The highest BCUT2D eigenvalue weighted by atomic mass is 32.1. The summed E-state index contributed by atoms with van der Waals surface area (Å²) in [5, 5.41) is 0. The van der Waals surface area contributed by atoms with Gasteiger partial charge in [0, 0.05) is 0 Å². The summed E-state index contributed by atoms with van der Waals surface area (Å²) in [4.78, 5) is 10.4. The summed E-state index contributed by atoms with van der Waals surface area (Å²) >= 11 is 4.05. The first-order valence-electron chi connectivity index (χ1n) is 4.30. The van der Waals surface area contributed by atoms with E-state index >= 15 is 0 Å². The molecule has 1 nitrogen and oxygen atoms in total. The summed E-state index contributed by atoms with van der Waals surface area (Å²) < 4.78 is 12.9. The van der Waals surface area contributed by atoms with Gasteiger partial charge in [-0.2, -0.15) is 12.6 Å². The van der Waals surface area contributed by atoms with Crippen LogP contribution in [0, 0.1) is 5.82 Å². The Labute approximate surface area is 88.0 Å². The molecule has 0 unspecified atom stereocenters. The maximum absolute atomic E-state index is 12.9. The van der Waals surface area contributed by atoms with Gasteiger partial charge >= 0.3 is 0 Å². The van der Waals surface area contributed by atoms with Crippen LogP contribution in [0.15, 0.2) is 24.3 Å². The van der Waals surface area contributed by atoms with Crippen LogP contribution in [0.25, 0.3) is 6.08 Å². The summed E-state index contributed by atoms with van der Waals surface area (Å²) in [6.07, 6.45) is 5.17. The van der Waals surface area contributed by atoms with Gasteiger partial charge in [-0.05, 0) is 29.9 Å². The van der Waals surface area contributed by atoms with Gasteiger partial charge in [0.25, 0.3) is 0 Å². The number of benzene rings is 1. The lowest BCUT2D eigenvalue weighted by Crippen LogP contribution is -1.87. The van der Waals surface area contributed by atoms with Gasteiger partial charge in [0.1, 0.15) is 5.82 Å². The molecule has 1 aromatic carbocycles. The molecule has 0 atom stereocenters. The number of halogens is 1. The highest BCUT2D eigenvalue weighted by Crippen LogP contribution is 2.10. The third kappa shape index (κ3) is 3.00. The molecule has 0 bridgehead atoms. The molecule has 0 aliphatic rings. The Hall–Kier alpha value is -1.09. The van der Waals surface area contributed by atoms with Crippen molar-refractivity contribution in [1.82, 2.24) is 0 Å². The van der Waals surface area contributed by atoms with Crippen molar-refractivity contribution in [3.8, 4) is 0 Å². The average Bonchev–Trinajstić information content (AvgIpc) is 2.21. The molecular weight excluding hydrogens is 199 g/mol. The Bertz CT molecular complexity index is 347. The smallest absolute Gasteiger partial charge is 0.153 e. The monoisotopic (exact) mass is 210 g/mol. The van der Waals surface area contributed by atoms with E-state index in [0.717, 1.165) is 17.7 Å². The van der Waals surface area contributed by atoms with E-state index in [2.05, 4.69) is 12.6 Å². The van der Waals surface area contributed by atoms with E-state index in [0.29, 0.717) is 6.29 Å². The van der Waals surface area contributed by atoms with Crippen LogP contribution in [0.1, 0.15) is 22.3 Å². The van der Waals surface area contributed by atoms with E-state index in [4.69, 9.17) is 0 Å². The van der Waals surface area contributed by atoms with E-state index in [-0.39, 0.29) is 5.56 Å². The molecule has 0 spiro atoms. The lowest BCUT2D eigenvalue weighted by molar-refractivity contribution is 0.112. The summed E-state index contributed by atoms with van der Waals surface area (Å²) in [7, 11) is 0. The van der Waals surface area contributed by atoms with Gasteiger partial charge < -0.3 is 0 Å². The minimum absolute atomic E-state index is 0.0954. The van der Waals surface area contributed by atoms with Crippen molar-refractivity contribution in [2.24, 2.45) is 0 Å². The second-order valence-corrected chi connectivity index (χ2v) is 3.26. The van der Waals surface area contributed by atoms with Crippen LogP contribution in [-0.2, 0) is 0 Å². The molecule has 0 amide bonds. The molecular formula is C11H11FOS. The van der Waals surface area contributed by atoms with Gasteiger partial charge in [-0.3, -0.25) is 4.79 Å². The van der Waals surface area contributed by atoms with Gasteiger partial charge in [0.2, 0.25) is 0 Å². The number of carbonyl (C=O) groups is 1.